The van der Waals surface area contributed by atoms with Crippen LogP contribution in [0.25, 0.3) is 0 Å². The number of carbonyl (C=O) groups is 2. The molecular weight excluding hydrogens is 404 g/mol. The molecule has 0 aliphatic carbocycles. The van der Waals surface area contributed by atoms with Crippen LogP contribution < -0.4 is 5.32 Å². The zero-order valence-electron chi connectivity index (χ0n) is 14.0. The van der Waals surface area contributed by atoms with Gasteiger partial charge in [0.25, 0.3) is 5.69 Å². The van der Waals surface area contributed by atoms with Crippen LogP contribution in [0.1, 0.15) is 11.1 Å². The van der Waals surface area contributed by atoms with Gasteiger partial charge in [-0.25, -0.2) is 4.79 Å². The summed E-state index contributed by atoms with van der Waals surface area (Å²) in [6.45, 7) is 0. The number of halogens is 1. The van der Waals surface area contributed by atoms with Crippen molar-refractivity contribution in [2.45, 2.75) is 18.9 Å². The van der Waals surface area contributed by atoms with Gasteiger partial charge in [0.05, 0.1) is 18.5 Å². The predicted molar refractivity (Wildman–Crippen MR) is 98.6 cm³/mol. The van der Waals surface area contributed by atoms with Gasteiger partial charge in [0.15, 0.2) is 0 Å². The van der Waals surface area contributed by atoms with E-state index in [1.165, 1.54) is 25.3 Å². The van der Waals surface area contributed by atoms with Gasteiger partial charge in [-0.05, 0) is 17.2 Å². The van der Waals surface area contributed by atoms with Crippen LogP contribution in [0.2, 0.25) is 0 Å². The highest BCUT2D eigenvalue weighted by atomic mass is 79.9. The summed E-state index contributed by atoms with van der Waals surface area (Å²) in [5.41, 5.74) is 1.24. The fourth-order valence-electron chi connectivity index (χ4n) is 2.43. The number of ether oxygens (including phenoxy) is 1. The number of nitro benzene ring substituents is 1. The van der Waals surface area contributed by atoms with Crippen molar-refractivity contribution in [2.24, 2.45) is 0 Å². The van der Waals surface area contributed by atoms with Crippen molar-refractivity contribution >= 4 is 33.5 Å². The van der Waals surface area contributed by atoms with Crippen molar-refractivity contribution in [1.29, 1.82) is 0 Å². The largest absolute Gasteiger partial charge is 0.467 e. The van der Waals surface area contributed by atoms with Crippen molar-refractivity contribution in [1.82, 2.24) is 5.32 Å². The summed E-state index contributed by atoms with van der Waals surface area (Å²) in [7, 11) is 1.25. The molecule has 8 heteroatoms. The lowest BCUT2D eigenvalue weighted by Crippen LogP contribution is -2.43. The van der Waals surface area contributed by atoms with E-state index >= 15 is 0 Å². The summed E-state index contributed by atoms with van der Waals surface area (Å²) in [6.07, 6.45) is 0.180. The van der Waals surface area contributed by atoms with E-state index in [4.69, 9.17) is 4.74 Å². The number of hydrogen-bond acceptors (Lipinski definition) is 5. The Balaban J connectivity index is 2.09. The number of carbonyl (C=O) groups excluding carboxylic acids is 2. The van der Waals surface area contributed by atoms with E-state index in [0.717, 1.165) is 10.0 Å². The number of amides is 1. The molecule has 1 N–H and O–H groups in total. The maximum absolute atomic E-state index is 12.3. The molecule has 7 nitrogen and oxygen atoms in total. The molecule has 2 aromatic carbocycles. The lowest BCUT2D eigenvalue weighted by molar-refractivity contribution is -0.384. The van der Waals surface area contributed by atoms with Crippen LogP contribution in [0.4, 0.5) is 5.69 Å². The average molecular weight is 421 g/mol. The second-order valence-corrected chi connectivity index (χ2v) is 6.40. The highest BCUT2D eigenvalue weighted by molar-refractivity contribution is 9.10. The second kappa shape index (κ2) is 9.10. The van der Waals surface area contributed by atoms with E-state index in [1.807, 2.05) is 24.3 Å². The Morgan fingerprint density at radius 2 is 1.96 bits per heavy atom. The Labute approximate surface area is 158 Å². The number of non-ortho nitro benzene ring substituents is 1. The highest BCUT2D eigenvalue weighted by Crippen LogP contribution is 2.18. The third-order valence-corrected chi connectivity index (χ3v) is 4.46. The smallest absolute Gasteiger partial charge is 0.328 e. The molecule has 2 rings (SSSR count). The molecule has 2 aromatic rings. The first-order valence-corrected chi connectivity index (χ1v) is 8.54. The summed E-state index contributed by atoms with van der Waals surface area (Å²) >= 11 is 3.41. The van der Waals surface area contributed by atoms with Crippen LogP contribution in [0.5, 0.6) is 0 Å². The number of methoxy groups -OCH3 is 1. The highest BCUT2D eigenvalue weighted by Gasteiger charge is 2.23. The molecule has 0 fully saturated rings. The van der Waals surface area contributed by atoms with E-state index < -0.39 is 22.8 Å². The van der Waals surface area contributed by atoms with E-state index in [0.29, 0.717) is 5.56 Å². The minimum Gasteiger partial charge on any atom is -0.467 e. The van der Waals surface area contributed by atoms with E-state index in [1.54, 1.807) is 6.07 Å². The summed E-state index contributed by atoms with van der Waals surface area (Å²) < 4.78 is 5.59. The number of nitrogens with one attached hydrogen (secondary N) is 1. The van der Waals surface area contributed by atoms with Crippen molar-refractivity contribution in [2.75, 3.05) is 7.11 Å². The third-order valence-electron chi connectivity index (χ3n) is 3.69. The maximum atomic E-state index is 12.3. The predicted octanol–water partition coefficient (Wildman–Crippen LogP) is 2.80. The minimum atomic E-state index is -0.857. The van der Waals surface area contributed by atoms with Gasteiger partial charge in [-0.2, -0.15) is 0 Å². The van der Waals surface area contributed by atoms with Crippen molar-refractivity contribution < 1.29 is 19.2 Å². The van der Waals surface area contributed by atoms with Gasteiger partial charge in [0, 0.05) is 23.0 Å². The molecule has 0 unspecified atom stereocenters. The zero-order valence-corrected chi connectivity index (χ0v) is 15.6. The Bertz CT molecular complexity index is 825. The van der Waals surface area contributed by atoms with Gasteiger partial charge in [-0.15, -0.1) is 0 Å². The quantitative estimate of drug-likeness (QED) is 0.421. The minimum absolute atomic E-state index is 0.0782. The van der Waals surface area contributed by atoms with Gasteiger partial charge in [-0.3, -0.25) is 14.9 Å². The molecule has 0 aliphatic heterocycles. The molecule has 0 aliphatic rings. The Kier molecular flexibility index (Phi) is 6.85. The molecule has 136 valence electrons. The van der Waals surface area contributed by atoms with Gasteiger partial charge in [0.1, 0.15) is 6.04 Å². The SMILES string of the molecule is COC(=O)[C@@H](Cc1ccccc1Br)NC(=O)Cc1cccc([N+](=O)[O-])c1. The molecule has 0 bridgehead atoms. The first-order chi connectivity index (χ1) is 12.4. The second-order valence-electron chi connectivity index (χ2n) is 5.54. The number of hydrogen-bond donors (Lipinski definition) is 1. The molecule has 0 heterocycles. The van der Waals surface area contributed by atoms with Crippen molar-refractivity contribution in [3.05, 3.63) is 74.2 Å². The number of nitro groups is 1. The van der Waals surface area contributed by atoms with Gasteiger partial charge in [-0.1, -0.05) is 46.3 Å². The summed E-state index contributed by atoms with van der Waals surface area (Å²) in [5, 5.41) is 13.5. The standard InChI is InChI=1S/C18H17BrN2O5/c1-26-18(23)16(11-13-6-2-3-8-15(13)19)20-17(22)10-12-5-4-7-14(9-12)21(24)25/h2-9,16H,10-11H2,1H3,(H,20,22)/t16-/m1/s1. The van der Waals surface area contributed by atoms with Crippen LogP contribution in [-0.4, -0.2) is 30.0 Å². The normalized spacial score (nSPS) is 11.5. The maximum Gasteiger partial charge on any atom is 0.328 e. The average Bonchev–Trinajstić information content (AvgIpc) is 2.62. The van der Waals surface area contributed by atoms with E-state index in [2.05, 4.69) is 21.2 Å². The lowest BCUT2D eigenvalue weighted by atomic mass is 10.1. The fraction of sp³-hybridized carbons (Fsp3) is 0.222. The first-order valence-electron chi connectivity index (χ1n) is 7.74. The molecule has 1 atom stereocenters. The molecule has 0 aromatic heterocycles. The number of rotatable bonds is 7. The molecule has 0 radical (unpaired) electrons. The van der Waals surface area contributed by atoms with E-state index in [9.17, 15) is 19.7 Å². The van der Waals surface area contributed by atoms with Gasteiger partial charge < -0.3 is 10.1 Å². The molecule has 26 heavy (non-hydrogen) atoms. The third kappa shape index (κ3) is 5.38. The summed E-state index contributed by atoms with van der Waals surface area (Å²) in [6, 6.07) is 12.3. The van der Waals surface area contributed by atoms with E-state index in [-0.39, 0.29) is 18.5 Å². The Morgan fingerprint density at radius 3 is 2.62 bits per heavy atom. The Morgan fingerprint density at radius 1 is 1.23 bits per heavy atom. The number of nitrogens with zero attached hydrogens (tertiary/aromatic N) is 1. The topological polar surface area (TPSA) is 98.5 Å². The first kappa shape index (κ1) is 19.6. The van der Waals surface area contributed by atoms with Crippen LogP contribution >= 0.6 is 15.9 Å². The van der Waals surface area contributed by atoms with Crippen molar-refractivity contribution in [3.63, 3.8) is 0 Å². The van der Waals surface area contributed by atoms with Crippen LogP contribution in [0.3, 0.4) is 0 Å². The Hall–Kier alpha value is -2.74. The van der Waals surface area contributed by atoms with Gasteiger partial charge in [0.2, 0.25) is 5.91 Å². The monoisotopic (exact) mass is 420 g/mol. The summed E-state index contributed by atoms with van der Waals surface area (Å²) in [4.78, 5) is 34.6. The molecule has 1 amide bonds. The van der Waals surface area contributed by atoms with Gasteiger partial charge >= 0.3 is 5.97 Å². The molecule has 0 spiro atoms. The van der Waals surface area contributed by atoms with Crippen LogP contribution in [0, 0.1) is 10.1 Å². The molecule has 0 saturated heterocycles. The lowest BCUT2D eigenvalue weighted by Gasteiger charge is -2.17. The van der Waals surface area contributed by atoms with Crippen LogP contribution in [-0.2, 0) is 27.2 Å². The van der Waals surface area contributed by atoms with Crippen molar-refractivity contribution in [3.8, 4) is 0 Å². The summed E-state index contributed by atoms with van der Waals surface area (Å²) in [5.74, 6) is -0.985. The zero-order chi connectivity index (χ0) is 19.1. The molecular formula is C18H17BrN2O5. The fourth-order valence-corrected chi connectivity index (χ4v) is 2.88. The number of esters is 1. The molecule has 0 saturated carbocycles. The van der Waals surface area contributed by atoms with Crippen LogP contribution in [0.15, 0.2) is 53.0 Å². The number of benzene rings is 2.